The Morgan fingerprint density at radius 2 is 1.82 bits per heavy atom. The second-order valence-electron chi connectivity index (χ2n) is 9.05. The normalized spacial score (nSPS) is 16.6. The monoisotopic (exact) mass is 479 g/mol. The standard InChI is InChI=1S/C25H33N7OS/c1-5-20(33)14-18-6-8-21(9-7-18)34-25-29-23(27-22-15-19(16-26-22)17(2)3)28-24(30-25)32-12-10-31(4)11-13-32/h6-9,15,17H,5,10-14,16H2,1-4H3,(H,26,27,28,29,30). The van der Waals surface area contributed by atoms with Gasteiger partial charge in [-0.2, -0.15) is 15.0 Å². The second kappa shape index (κ2) is 11.1. The molecule has 2 aliphatic heterocycles. The average molecular weight is 480 g/mol. The van der Waals surface area contributed by atoms with Crippen LogP contribution in [0.25, 0.3) is 0 Å². The second-order valence-corrected chi connectivity index (χ2v) is 10.1. The lowest BCUT2D eigenvalue weighted by Crippen LogP contribution is -2.45. The summed E-state index contributed by atoms with van der Waals surface area (Å²) in [6, 6.07) is 8.05. The smallest absolute Gasteiger partial charge is 0.234 e. The summed E-state index contributed by atoms with van der Waals surface area (Å²) in [6.07, 6.45) is 3.13. The number of likely N-dealkylation sites (N-methyl/N-ethyl adjacent to an activating group) is 1. The number of nitrogens with one attached hydrogen (secondary N) is 1. The van der Waals surface area contributed by atoms with E-state index in [4.69, 9.17) is 9.97 Å². The Morgan fingerprint density at radius 3 is 2.47 bits per heavy atom. The van der Waals surface area contributed by atoms with Gasteiger partial charge in [0.15, 0.2) is 5.16 Å². The molecule has 4 rings (SSSR count). The third-order valence-electron chi connectivity index (χ3n) is 6.05. The lowest BCUT2D eigenvalue weighted by molar-refractivity contribution is -0.118. The Hall–Kier alpha value is -2.78. The number of piperazine rings is 1. The first-order valence-electron chi connectivity index (χ1n) is 11.9. The average Bonchev–Trinajstić information content (AvgIpc) is 3.29. The predicted molar refractivity (Wildman–Crippen MR) is 138 cm³/mol. The van der Waals surface area contributed by atoms with Gasteiger partial charge >= 0.3 is 0 Å². The van der Waals surface area contributed by atoms with E-state index in [0.29, 0.717) is 42.4 Å². The fraction of sp³-hybridized carbons (Fsp3) is 0.480. The molecule has 0 aliphatic carbocycles. The molecule has 2 aromatic rings. The zero-order chi connectivity index (χ0) is 24.1. The Balaban J connectivity index is 1.55. The Kier molecular flexibility index (Phi) is 7.95. The van der Waals surface area contributed by atoms with Crippen LogP contribution in [0.3, 0.4) is 0 Å². The van der Waals surface area contributed by atoms with E-state index in [2.05, 4.69) is 52.1 Å². The molecule has 34 heavy (non-hydrogen) atoms. The molecule has 1 aromatic heterocycles. The SMILES string of the molecule is CCC(=O)Cc1ccc(Sc2nc(NC3=NCC(C(C)C)=C3)nc(N3CCN(C)CC3)n2)cc1. The van der Waals surface area contributed by atoms with Crippen LogP contribution >= 0.6 is 11.8 Å². The Bertz CT molecular complexity index is 1070. The van der Waals surface area contributed by atoms with Crippen LogP contribution < -0.4 is 10.2 Å². The largest absolute Gasteiger partial charge is 0.338 e. The van der Waals surface area contributed by atoms with Gasteiger partial charge < -0.3 is 15.1 Å². The van der Waals surface area contributed by atoms with Gasteiger partial charge in [0.05, 0.1) is 6.54 Å². The van der Waals surface area contributed by atoms with Crippen LogP contribution in [0.1, 0.15) is 32.8 Å². The number of benzene rings is 1. The minimum atomic E-state index is 0.245. The van der Waals surface area contributed by atoms with Crippen molar-refractivity contribution in [2.24, 2.45) is 10.9 Å². The number of carbonyl (C=O) groups excluding carboxylic acids is 1. The number of amidine groups is 1. The maximum Gasteiger partial charge on any atom is 0.234 e. The summed E-state index contributed by atoms with van der Waals surface area (Å²) >= 11 is 1.50. The van der Waals surface area contributed by atoms with E-state index in [1.165, 1.54) is 17.3 Å². The van der Waals surface area contributed by atoms with E-state index < -0.39 is 0 Å². The molecule has 0 atom stereocenters. The number of hydrogen-bond donors (Lipinski definition) is 1. The quantitative estimate of drug-likeness (QED) is 0.613. The Morgan fingerprint density at radius 1 is 1.09 bits per heavy atom. The molecule has 9 heteroatoms. The van der Waals surface area contributed by atoms with Gasteiger partial charge in [-0.25, -0.2) is 0 Å². The van der Waals surface area contributed by atoms with Gasteiger partial charge in [-0.3, -0.25) is 9.79 Å². The van der Waals surface area contributed by atoms with E-state index in [1.54, 1.807) is 0 Å². The summed E-state index contributed by atoms with van der Waals surface area (Å²) in [6.45, 7) is 10.7. The highest BCUT2D eigenvalue weighted by Crippen LogP contribution is 2.28. The molecule has 0 bridgehead atoms. The molecule has 1 aromatic carbocycles. The van der Waals surface area contributed by atoms with Crippen molar-refractivity contribution in [1.82, 2.24) is 19.9 Å². The van der Waals surface area contributed by atoms with Gasteiger partial charge in [-0.15, -0.1) is 0 Å². The van der Waals surface area contributed by atoms with Crippen LogP contribution in [0.5, 0.6) is 0 Å². The third kappa shape index (κ3) is 6.42. The molecule has 0 radical (unpaired) electrons. The highest BCUT2D eigenvalue weighted by molar-refractivity contribution is 7.99. The lowest BCUT2D eigenvalue weighted by Gasteiger charge is -2.32. The number of ketones is 1. The van der Waals surface area contributed by atoms with Crippen molar-refractivity contribution in [1.29, 1.82) is 0 Å². The first-order valence-corrected chi connectivity index (χ1v) is 12.7. The van der Waals surface area contributed by atoms with Gasteiger partial charge in [0, 0.05) is 43.9 Å². The predicted octanol–water partition coefficient (Wildman–Crippen LogP) is 3.70. The summed E-state index contributed by atoms with van der Waals surface area (Å²) in [5.74, 6) is 2.69. The maximum atomic E-state index is 11.7. The van der Waals surface area contributed by atoms with Crippen molar-refractivity contribution in [3.63, 3.8) is 0 Å². The molecule has 3 heterocycles. The van der Waals surface area contributed by atoms with Gasteiger partial charge in [-0.05, 0) is 54.1 Å². The number of hydrogen-bond acceptors (Lipinski definition) is 9. The van der Waals surface area contributed by atoms with Crippen molar-refractivity contribution >= 4 is 35.3 Å². The number of aliphatic imine (C=N–C) groups is 1. The molecule has 2 aliphatic rings. The first-order chi connectivity index (χ1) is 16.4. The maximum absolute atomic E-state index is 11.7. The number of Topliss-reactive ketones (excluding diaryl/α,β-unsaturated/α-hetero) is 1. The molecular weight excluding hydrogens is 446 g/mol. The molecule has 180 valence electrons. The zero-order valence-electron chi connectivity index (χ0n) is 20.4. The fourth-order valence-electron chi connectivity index (χ4n) is 3.71. The number of aromatic nitrogens is 3. The molecule has 1 saturated heterocycles. The van der Waals surface area contributed by atoms with Gasteiger partial charge in [0.2, 0.25) is 11.9 Å². The Labute approximate surface area is 206 Å². The summed E-state index contributed by atoms with van der Waals surface area (Å²) in [4.78, 5) is 36.1. The van der Waals surface area contributed by atoms with Crippen molar-refractivity contribution < 1.29 is 4.79 Å². The number of anilines is 2. The molecule has 1 N–H and O–H groups in total. The van der Waals surface area contributed by atoms with Gasteiger partial charge in [0.1, 0.15) is 11.6 Å². The fourth-order valence-corrected chi connectivity index (χ4v) is 4.45. The van der Waals surface area contributed by atoms with Crippen LogP contribution in [-0.4, -0.2) is 71.2 Å². The molecule has 0 saturated carbocycles. The number of nitrogens with zero attached hydrogens (tertiary/aromatic N) is 6. The van der Waals surface area contributed by atoms with E-state index in [9.17, 15) is 4.79 Å². The van der Waals surface area contributed by atoms with Gasteiger partial charge in [0.25, 0.3) is 0 Å². The molecule has 8 nitrogen and oxygen atoms in total. The highest BCUT2D eigenvalue weighted by atomic mass is 32.2. The molecule has 1 fully saturated rings. The summed E-state index contributed by atoms with van der Waals surface area (Å²) in [5.41, 5.74) is 2.33. The number of carbonyl (C=O) groups is 1. The molecular formula is C25H33N7OS. The van der Waals surface area contributed by atoms with Crippen molar-refractivity contribution in [2.75, 3.05) is 50.0 Å². The van der Waals surface area contributed by atoms with Crippen molar-refractivity contribution in [2.45, 2.75) is 43.7 Å². The first kappa shape index (κ1) is 24.3. The molecule has 0 spiro atoms. The van der Waals surface area contributed by atoms with Crippen LogP contribution in [0, 0.1) is 5.92 Å². The van der Waals surface area contributed by atoms with Crippen molar-refractivity contribution in [3.05, 3.63) is 41.5 Å². The highest BCUT2D eigenvalue weighted by Gasteiger charge is 2.20. The van der Waals surface area contributed by atoms with E-state index in [1.807, 2.05) is 31.2 Å². The lowest BCUT2D eigenvalue weighted by atomic mass is 10.0. The summed E-state index contributed by atoms with van der Waals surface area (Å²) in [7, 11) is 2.13. The zero-order valence-corrected chi connectivity index (χ0v) is 21.2. The van der Waals surface area contributed by atoms with Crippen molar-refractivity contribution in [3.8, 4) is 0 Å². The van der Waals surface area contributed by atoms with Crippen LogP contribution in [0.15, 0.2) is 51.0 Å². The van der Waals surface area contributed by atoms with E-state index in [0.717, 1.165) is 42.5 Å². The summed E-state index contributed by atoms with van der Waals surface area (Å²) < 4.78 is 0. The minimum absolute atomic E-state index is 0.245. The van der Waals surface area contributed by atoms with E-state index >= 15 is 0 Å². The van der Waals surface area contributed by atoms with Crippen LogP contribution in [0.4, 0.5) is 11.9 Å². The van der Waals surface area contributed by atoms with Gasteiger partial charge in [-0.1, -0.05) is 32.9 Å². The minimum Gasteiger partial charge on any atom is -0.338 e. The van der Waals surface area contributed by atoms with Crippen LogP contribution in [0.2, 0.25) is 0 Å². The topological polar surface area (TPSA) is 86.6 Å². The van der Waals surface area contributed by atoms with E-state index in [-0.39, 0.29) is 5.78 Å². The third-order valence-corrected chi connectivity index (χ3v) is 6.93. The molecule has 0 amide bonds. The number of rotatable bonds is 8. The van der Waals surface area contributed by atoms with Crippen LogP contribution in [-0.2, 0) is 11.2 Å². The summed E-state index contributed by atoms with van der Waals surface area (Å²) in [5, 5.41) is 3.94. The molecule has 0 unspecified atom stereocenters.